The molecule has 0 radical (unpaired) electrons. The minimum Gasteiger partial charge on any atom is -0.456 e. The quantitative estimate of drug-likeness (QED) is 0.198. The fourth-order valence-corrected chi connectivity index (χ4v) is 4.86. The van der Waals surface area contributed by atoms with Gasteiger partial charge in [0.05, 0.1) is 25.1 Å². The van der Waals surface area contributed by atoms with Crippen LogP contribution in [0.5, 0.6) is 0 Å². The molecule has 2 N–H and O–H groups in total. The number of nitrogens with zero attached hydrogens (tertiary/aromatic N) is 1. The molecule has 0 aliphatic carbocycles. The molecule has 1 aliphatic rings. The van der Waals surface area contributed by atoms with Gasteiger partial charge in [-0.2, -0.15) is 0 Å². The summed E-state index contributed by atoms with van der Waals surface area (Å²) in [6.45, 7) is 7.82. The van der Waals surface area contributed by atoms with E-state index in [-0.39, 0.29) is 43.4 Å². The third-order valence-corrected chi connectivity index (χ3v) is 7.08. The SMILES string of the molecule is C=CCCCCC(=O)O[C@@H](CNC(=O)[C@H](CC=C)CC(=O)N1Cc2ccccc2C[C@H]1CO)c1ccccc1. The van der Waals surface area contributed by atoms with E-state index in [4.69, 9.17) is 4.74 Å². The maximum absolute atomic E-state index is 13.3. The number of hydrogen-bond acceptors (Lipinski definition) is 5. The van der Waals surface area contributed by atoms with Crippen molar-refractivity contribution in [3.8, 4) is 0 Å². The van der Waals surface area contributed by atoms with Crippen LogP contribution in [-0.2, 0) is 32.1 Å². The lowest BCUT2D eigenvalue weighted by Gasteiger charge is -2.36. The van der Waals surface area contributed by atoms with Gasteiger partial charge in [-0.1, -0.05) is 66.7 Å². The van der Waals surface area contributed by atoms with Gasteiger partial charge in [-0.15, -0.1) is 13.2 Å². The number of nitrogens with one attached hydrogen (secondary N) is 1. The smallest absolute Gasteiger partial charge is 0.306 e. The molecule has 2 aromatic rings. The lowest BCUT2D eigenvalue weighted by molar-refractivity contribution is -0.150. The van der Waals surface area contributed by atoms with E-state index in [1.54, 1.807) is 11.0 Å². The van der Waals surface area contributed by atoms with Crippen LogP contribution in [-0.4, -0.2) is 47.0 Å². The normalized spacial score (nSPS) is 15.9. The number of unbranched alkanes of at least 4 members (excludes halogenated alkanes) is 2. The Morgan fingerprint density at radius 1 is 1.03 bits per heavy atom. The van der Waals surface area contributed by atoms with Crippen LogP contribution in [0.2, 0.25) is 0 Å². The average Bonchev–Trinajstić information content (AvgIpc) is 2.96. The van der Waals surface area contributed by atoms with Gasteiger partial charge < -0.3 is 20.1 Å². The fraction of sp³-hybridized carbons (Fsp3) is 0.406. The highest BCUT2D eigenvalue weighted by Crippen LogP contribution is 2.25. The second-order valence-corrected chi connectivity index (χ2v) is 9.93. The first-order chi connectivity index (χ1) is 19.0. The van der Waals surface area contributed by atoms with Gasteiger partial charge in [-0.25, -0.2) is 0 Å². The summed E-state index contributed by atoms with van der Waals surface area (Å²) in [7, 11) is 0. The van der Waals surface area contributed by atoms with E-state index in [1.165, 1.54) is 0 Å². The summed E-state index contributed by atoms with van der Waals surface area (Å²) >= 11 is 0. The number of hydrogen-bond donors (Lipinski definition) is 2. The maximum atomic E-state index is 13.3. The molecule has 3 rings (SSSR count). The van der Waals surface area contributed by atoms with Gasteiger partial charge in [0.2, 0.25) is 11.8 Å². The summed E-state index contributed by atoms with van der Waals surface area (Å²) in [6, 6.07) is 16.9. The number of rotatable bonds is 15. The molecule has 0 fully saturated rings. The van der Waals surface area contributed by atoms with E-state index in [0.717, 1.165) is 29.5 Å². The third-order valence-electron chi connectivity index (χ3n) is 7.08. The molecule has 0 saturated carbocycles. The second kappa shape index (κ2) is 15.6. The number of aliphatic hydroxyl groups is 1. The first-order valence-electron chi connectivity index (χ1n) is 13.7. The predicted octanol–water partition coefficient (Wildman–Crippen LogP) is 4.66. The summed E-state index contributed by atoms with van der Waals surface area (Å²) in [4.78, 5) is 40.7. The average molecular weight is 533 g/mol. The van der Waals surface area contributed by atoms with Gasteiger partial charge in [0.25, 0.3) is 0 Å². The highest BCUT2D eigenvalue weighted by molar-refractivity contribution is 5.86. The van der Waals surface area contributed by atoms with E-state index < -0.39 is 12.0 Å². The lowest BCUT2D eigenvalue weighted by Crippen LogP contribution is -2.47. The summed E-state index contributed by atoms with van der Waals surface area (Å²) < 4.78 is 5.74. The van der Waals surface area contributed by atoms with Gasteiger partial charge in [-0.05, 0) is 48.8 Å². The largest absolute Gasteiger partial charge is 0.456 e. The molecule has 1 aliphatic heterocycles. The number of fused-ring (bicyclic) bond motifs is 1. The molecule has 0 unspecified atom stereocenters. The van der Waals surface area contributed by atoms with E-state index in [9.17, 15) is 19.5 Å². The zero-order valence-corrected chi connectivity index (χ0v) is 22.6. The molecule has 7 nitrogen and oxygen atoms in total. The first-order valence-corrected chi connectivity index (χ1v) is 13.7. The Balaban J connectivity index is 1.63. The summed E-state index contributed by atoms with van der Waals surface area (Å²) in [5, 5.41) is 12.9. The van der Waals surface area contributed by atoms with Gasteiger partial charge in [-0.3, -0.25) is 14.4 Å². The van der Waals surface area contributed by atoms with E-state index in [2.05, 4.69) is 18.5 Å². The standard InChI is InChI=1S/C32H40N2O5/c1-3-5-6-10-18-31(37)39-29(24-14-8-7-9-15-24)21-33-32(38)26(13-4-2)20-30(36)34-22-27-17-12-11-16-25(27)19-28(34)23-35/h3-4,7-9,11-12,14-17,26,28-29,35H,1-2,5-6,10,13,18-23H2,(H,33,38)/t26-,28+,29+/m1/s1. The van der Waals surface area contributed by atoms with Crippen molar-refractivity contribution in [1.29, 1.82) is 0 Å². The number of amides is 2. The van der Waals surface area contributed by atoms with Gasteiger partial charge in [0.1, 0.15) is 6.10 Å². The molecular weight excluding hydrogens is 492 g/mol. The topological polar surface area (TPSA) is 95.9 Å². The first kappa shape index (κ1) is 29.8. The molecule has 2 aromatic carbocycles. The number of ether oxygens (including phenoxy) is 1. The van der Waals surface area contributed by atoms with Crippen molar-refractivity contribution < 1.29 is 24.2 Å². The molecule has 0 saturated heterocycles. The number of carbonyl (C=O) groups excluding carboxylic acids is 3. The Bertz CT molecular complexity index is 1120. The van der Waals surface area contributed by atoms with Crippen molar-refractivity contribution >= 4 is 17.8 Å². The second-order valence-electron chi connectivity index (χ2n) is 9.93. The zero-order valence-electron chi connectivity index (χ0n) is 22.6. The summed E-state index contributed by atoms with van der Waals surface area (Å²) in [5.74, 6) is -1.43. The van der Waals surface area contributed by atoms with Gasteiger partial charge in [0.15, 0.2) is 0 Å². The van der Waals surface area contributed by atoms with E-state index >= 15 is 0 Å². The van der Waals surface area contributed by atoms with Crippen molar-refractivity contribution in [2.24, 2.45) is 5.92 Å². The van der Waals surface area contributed by atoms with Crippen LogP contribution in [0.3, 0.4) is 0 Å². The minimum atomic E-state index is -0.639. The van der Waals surface area contributed by atoms with Crippen LogP contribution in [0, 0.1) is 5.92 Å². The van der Waals surface area contributed by atoms with E-state index in [1.807, 2.05) is 60.7 Å². The number of benzene rings is 2. The Hall–Kier alpha value is -3.71. The molecule has 208 valence electrons. The highest BCUT2D eigenvalue weighted by Gasteiger charge is 2.32. The predicted molar refractivity (Wildman–Crippen MR) is 151 cm³/mol. The Morgan fingerprint density at radius 2 is 1.74 bits per heavy atom. The van der Waals surface area contributed by atoms with E-state index in [0.29, 0.717) is 32.2 Å². The molecule has 0 spiro atoms. The molecule has 3 atom stereocenters. The van der Waals surface area contributed by atoms with Crippen LogP contribution in [0.1, 0.15) is 61.3 Å². The van der Waals surface area contributed by atoms with Crippen molar-refractivity contribution in [3.05, 3.63) is 96.6 Å². The third kappa shape index (κ3) is 8.93. The van der Waals surface area contributed by atoms with Gasteiger partial charge in [0, 0.05) is 19.4 Å². The zero-order chi connectivity index (χ0) is 28.0. The Morgan fingerprint density at radius 3 is 2.44 bits per heavy atom. The molecule has 0 aromatic heterocycles. The fourth-order valence-electron chi connectivity index (χ4n) is 4.86. The monoisotopic (exact) mass is 532 g/mol. The van der Waals surface area contributed by atoms with Crippen LogP contribution >= 0.6 is 0 Å². The highest BCUT2D eigenvalue weighted by atomic mass is 16.5. The van der Waals surface area contributed by atoms with Gasteiger partial charge >= 0.3 is 5.97 Å². The Kier molecular flexibility index (Phi) is 12.0. The molecule has 2 amide bonds. The van der Waals surface area contributed by atoms with Crippen molar-refractivity contribution in [2.45, 2.75) is 63.6 Å². The van der Waals surface area contributed by atoms with Crippen LogP contribution in [0.15, 0.2) is 79.9 Å². The molecule has 39 heavy (non-hydrogen) atoms. The lowest BCUT2D eigenvalue weighted by atomic mass is 9.92. The summed E-state index contributed by atoms with van der Waals surface area (Å²) in [5.41, 5.74) is 2.96. The molecule has 0 bridgehead atoms. The maximum Gasteiger partial charge on any atom is 0.306 e. The molecular formula is C32H40N2O5. The number of allylic oxidation sites excluding steroid dienone is 2. The summed E-state index contributed by atoms with van der Waals surface area (Å²) in [6.07, 6.45) is 6.42. The number of carbonyl (C=O) groups is 3. The van der Waals surface area contributed by atoms with Crippen LogP contribution in [0.25, 0.3) is 0 Å². The van der Waals surface area contributed by atoms with Crippen molar-refractivity contribution in [2.75, 3.05) is 13.2 Å². The number of aliphatic hydroxyl groups excluding tert-OH is 1. The molecule has 7 heteroatoms. The van der Waals surface area contributed by atoms with Crippen molar-refractivity contribution in [1.82, 2.24) is 10.2 Å². The molecule has 1 heterocycles. The number of esters is 1. The van der Waals surface area contributed by atoms with Crippen LogP contribution in [0.4, 0.5) is 0 Å². The Labute approximate surface area is 231 Å². The van der Waals surface area contributed by atoms with Crippen LogP contribution < -0.4 is 5.32 Å². The van der Waals surface area contributed by atoms with Crippen molar-refractivity contribution in [3.63, 3.8) is 0 Å². The minimum absolute atomic E-state index is 0.00435.